The van der Waals surface area contributed by atoms with E-state index >= 15 is 0 Å². The van der Waals surface area contributed by atoms with Gasteiger partial charge in [0.2, 0.25) is 11.8 Å². The van der Waals surface area contributed by atoms with Crippen LogP contribution >= 0.6 is 11.5 Å². The molecule has 0 saturated carbocycles. The van der Waals surface area contributed by atoms with Crippen LogP contribution in [-0.4, -0.2) is 33.0 Å². The molecule has 3 aromatic rings. The molecule has 1 fully saturated rings. The molecule has 0 aromatic carbocycles. The van der Waals surface area contributed by atoms with Gasteiger partial charge in [0.1, 0.15) is 4.83 Å². The lowest BCUT2D eigenvalue weighted by atomic mass is 10.1. The van der Waals surface area contributed by atoms with Crippen LogP contribution in [0.5, 0.6) is 5.88 Å². The molecule has 22 heavy (non-hydrogen) atoms. The monoisotopic (exact) mass is 313 g/mol. The number of methoxy groups -OCH3 is 1. The first-order valence-corrected chi connectivity index (χ1v) is 7.98. The topological polar surface area (TPSA) is 64.0 Å². The van der Waals surface area contributed by atoms with Crippen molar-refractivity contribution in [1.82, 2.24) is 19.3 Å². The van der Waals surface area contributed by atoms with Crippen LogP contribution in [0, 0.1) is 0 Å². The standard InChI is InChI=1S/C15H15N5OS/c1-21-13-10-5-6-11(18-14(10)22-19-13)12-4-2-9-20(12)15-16-7-3-8-17-15/h3,5-8,12H,2,4,9H2,1H3/t12-/m1/s1. The van der Waals surface area contributed by atoms with Gasteiger partial charge in [-0.25, -0.2) is 15.0 Å². The molecule has 0 radical (unpaired) electrons. The minimum absolute atomic E-state index is 0.222. The highest BCUT2D eigenvalue weighted by atomic mass is 32.1. The van der Waals surface area contributed by atoms with Crippen LogP contribution in [0.15, 0.2) is 30.6 Å². The Bertz CT molecular complexity index is 791. The van der Waals surface area contributed by atoms with Crippen LogP contribution in [0.2, 0.25) is 0 Å². The Balaban J connectivity index is 1.71. The summed E-state index contributed by atoms with van der Waals surface area (Å²) in [6, 6.07) is 6.16. The number of rotatable bonds is 3. The van der Waals surface area contributed by atoms with Crippen molar-refractivity contribution in [1.29, 1.82) is 0 Å². The summed E-state index contributed by atoms with van der Waals surface area (Å²) in [6.07, 6.45) is 5.74. The Kier molecular flexibility index (Phi) is 3.34. The van der Waals surface area contributed by atoms with E-state index in [1.165, 1.54) is 11.5 Å². The Morgan fingerprint density at radius 1 is 1.27 bits per heavy atom. The van der Waals surface area contributed by atoms with E-state index in [9.17, 15) is 0 Å². The zero-order chi connectivity index (χ0) is 14.9. The smallest absolute Gasteiger partial charge is 0.234 e. The largest absolute Gasteiger partial charge is 0.480 e. The lowest BCUT2D eigenvalue weighted by Gasteiger charge is -2.23. The molecule has 4 heterocycles. The number of hydrogen-bond acceptors (Lipinski definition) is 7. The molecule has 0 N–H and O–H groups in total. The van der Waals surface area contributed by atoms with Gasteiger partial charge in [-0.2, -0.15) is 4.37 Å². The van der Waals surface area contributed by atoms with Gasteiger partial charge in [-0.1, -0.05) is 0 Å². The Hall–Kier alpha value is -2.28. The lowest BCUT2D eigenvalue weighted by Crippen LogP contribution is -2.25. The number of fused-ring (bicyclic) bond motifs is 1. The summed E-state index contributed by atoms with van der Waals surface area (Å²) in [5, 5.41) is 0.969. The third-order valence-electron chi connectivity index (χ3n) is 3.92. The maximum absolute atomic E-state index is 5.25. The first-order chi connectivity index (χ1) is 10.9. The van der Waals surface area contributed by atoms with E-state index < -0.39 is 0 Å². The Morgan fingerprint density at radius 3 is 2.95 bits per heavy atom. The van der Waals surface area contributed by atoms with Gasteiger partial charge in [0, 0.05) is 18.9 Å². The second-order valence-corrected chi connectivity index (χ2v) is 5.93. The van der Waals surface area contributed by atoms with Crippen molar-refractivity contribution in [3.8, 4) is 5.88 Å². The SMILES string of the molecule is COc1nsc2nc([C@H]3CCCN3c3ncccn3)ccc12. The van der Waals surface area contributed by atoms with Gasteiger partial charge in [-0.05, 0) is 42.6 Å². The maximum atomic E-state index is 5.25. The van der Waals surface area contributed by atoms with Gasteiger partial charge in [-0.15, -0.1) is 0 Å². The molecule has 1 aliphatic heterocycles. The number of anilines is 1. The van der Waals surface area contributed by atoms with E-state index in [1.807, 2.05) is 12.1 Å². The molecular weight excluding hydrogens is 298 g/mol. The second kappa shape index (κ2) is 5.49. The predicted octanol–water partition coefficient (Wildman–Crippen LogP) is 2.83. The summed E-state index contributed by atoms with van der Waals surface area (Å²) in [5.41, 5.74) is 1.05. The van der Waals surface area contributed by atoms with Gasteiger partial charge in [-0.3, -0.25) is 0 Å². The molecule has 0 bridgehead atoms. The Labute approximate surface area is 132 Å². The zero-order valence-corrected chi connectivity index (χ0v) is 13.0. The van der Waals surface area contributed by atoms with Crippen molar-refractivity contribution in [3.05, 3.63) is 36.3 Å². The molecule has 0 unspecified atom stereocenters. The molecule has 0 spiro atoms. The van der Waals surface area contributed by atoms with Crippen LogP contribution in [0.1, 0.15) is 24.6 Å². The van der Waals surface area contributed by atoms with Gasteiger partial charge in [0.25, 0.3) is 0 Å². The van der Waals surface area contributed by atoms with Crippen molar-refractivity contribution < 1.29 is 4.74 Å². The van der Waals surface area contributed by atoms with E-state index in [0.29, 0.717) is 5.88 Å². The first-order valence-electron chi connectivity index (χ1n) is 7.21. The molecule has 0 amide bonds. The van der Waals surface area contributed by atoms with Crippen molar-refractivity contribution in [2.24, 2.45) is 0 Å². The fraction of sp³-hybridized carbons (Fsp3) is 0.333. The maximum Gasteiger partial charge on any atom is 0.234 e. The van der Waals surface area contributed by atoms with Gasteiger partial charge in [0.05, 0.1) is 24.2 Å². The molecule has 1 saturated heterocycles. The summed E-state index contributed by atoms with van der Waals surface area (Å²) in [5.74, 6) is 1.42. The average molecular weight is 313 g/mol. The lowest BCUT2D eigenvalue weighted by molar-refractivity contribution is 0.407. The van der Waals surface area contributed by atoms with Gasteiger partial charge >= 0.3 is 0 Å². The van der Waals surface area contributed by atoms with Crippen molar-refractivity contribution in [2.75, 3.05) is 18.6 Å². The fourth-order valence-electron chi connectivity index (χ4n) is 2.91. The fourth-order valence-corrected chi connectivity index (χ4v) is 3.65. The highest BCUT2D eigenvalue weighted by Crippen LogP contribution is 2.35. The molecule has 0 aliphatic carbocycles. The number of pyridine rings is 1. The Morgan fingerprint density at radius 2 is 2.14 bits per heavy atom. The number of hydrogen-bond donors (Lipinski definition) is 0. The van der Waals surface area contributed by atoms with Crippen LogP contribution in [0.4, 0.5) is 5.95 Å². The minimum Gasteiger partial charge on any atom is -0.480 e. The normalized spacial score (nSPS) is 18.0. The second-order valence-electron chi connectivity index (χ2n) is 5.18. The average Bonchev–Trinajstić information content (AvgIpc) is 3.21. The van der Waals surface area contributed by atoms with Crippen molar-refractivity contribution >= 4 is 27.7 Å². The predicted molar refractivity (Wildman–Crippen MR) is 85.3 cm³/mol. The van der Waals surface area contributed by atoms with Crippen molar-refractivity contribution in [2.45, 2.75) is 18.9 Å². The van der Waals surface area contributed by atoms with Crippen molar-refractivity contribution in [3.63, 3.8) is 0 Å². The zero-order valence-electron chi connectivity index (χ0n) is 12.1. The van der Waals surface area contributed by atoms with E-state index in [0.717, 1.165) is 41.2 Å². The molecule has 112 valence electrons. The quantitative estimate of drug-likeness (QED) is 0.741. The molecule has 6 nitrogen and oxygen atoms in total. The van der Waals surface area contributed by atoms with Gasteiger partial charge < -0.3 is 9.64 Å². The molecular formula is C15H15N5OS. The number of ether oxygens (including phenoxy) is 1. The highest BCUT2D eigenvalue weighted by Gasteiger charge is 2.29. The van der Waals surface area contributed by atoms with Crippen LogP contribution in [0.3, 0.4) is 0 Å². The summed E-state index contributed by atoms with van der Waals surface area (Å²) < 4.78 is 9.53. The van der Waals surface area contributed by atoms with Crippen LogP contribution in [-0.2, 0) is 0 Å². The molecule has 1 aliphatic rings. The molecule has 3 aromatic heterocycles. The first kappa shape index (κ1) is 13.4. The van der Waals surface area contributed by atoms with E-state index in [1.54, 1.807) is 19.5 Å². The summed E-state index contributed by atoms with van der Waals surface area (Å²) >= 11 is 1.37. The highest BCUT2D eigenvalue weighted by molar-refractivity contribution is 7.13. The molecule has 4 rings (SSSR count). The van der Waals surface area contributed by atoms with Crippen LogP contribution < -0.4 is 9.64 Å². The molecule has 1 atom stereocenters. The van der Waals surface area contributed by atoms with Gasteiger partial charge in [0.15, 0.2) is 0 Å². The van der Waals surface area contributed by atoms with Crippen LogP contribution in [0.25, 0.3) is 10.2 Å². The van der Waals surface area contributed by atoms with E-state index in [4.69, 9.17) is 9.72 Å². The number of nitrogens with zero attached hydrogens (tertiary/aromatic N) is 5. The third-order valence-corrected chi connectivity index (χ3v) is 4.67. The summed E-state index contributed by atoms with van der Waals surface area (Å²) in [4.78, 5) is 16.7. The summed E-state index contributed by atoms with van der Waals surface area (Å²) in [6.45, 7) is 0.959. The van der Waals surface area contributed by atoms with E-state index in [2.05, 4.69) is 25.3 Å². The number of aromatic nitrogens is 4. The minimum atomic E-state index is 0.222. The molecule has 7 heteroatoms. The third kappa shape index (κ3) is 2.18. The summed E-state index contributed by atoms with van der Waals surface area (Å²) in [7, 11) is 1.63. The van der Waals surface area contributed by atoms with E-state index in [-0.39, 0.29) is 6.04 Å².